The van der Waals surface area contributed by atoms with Gasteiger partial charge in [-0.25, -0.2) is 0 Å². The van der Waals surface area contributed by atoms with Gasteiger partial charge >= 0.3 is 0 Å². The molecular formula is C14H28N2O. The van der Waals surface area contributed by atoms with Gasteiger partial charge in [-0.15, -0.1) is 0 Å². The molecule has 0 saturated heterocycles. The zero-order chi connectivity index (χ0) is 13.1. The summed E-state index contributed by atoms with van der Waals surface area (Å²) in [6.45, 7) is 10.3. The molecule has 0 aromatic rings. The van der Waals surface area contributed by atoms with Crippen LogP contribution in [0.4, 0.5) is 0 Å². The van der Waals surface area contributed by atoms with E-state index in [1.165, 1.54) is 25.7 Å². The van der Waals surface area contributed by atoms with Crippen molar-refractivity contribution in [2.75, 3.05) is 0 Å². The molecule has 3 unspecified atom stereocenters. The van der Waals surface area contributed by atoms with E-state index in [4.69, 9.17) is 0 Å². The highest BCUT2D eigenvalue weighted by atomic mass is 16.2. The van der Waals surface area contributed by atoms with E-state index in [2.05, 4.69) is 17.6 Å². The average molecular weight is 240 g/mol. The summed E-state index contributed by atoms with van der Waals surface area (Å²) in [5, 5.41) is 6.47. The number of hydrogen-bond donors (Lipinski definition) is 2. The standard InChI is InChI=1S/C14H28N2O/c1-6-11-7-8-12(9-11)15-10(2)13(17)16-14(3,4)5/h10-12,15H,6-9H2,1-5H3,(H,16,17). The lowest BCUT2D eigenvalue weighted by molar-refractivity contribution is -0.124. The minimum Gasteiger partial charge on any atom is -0.350 e. The van der Waals surface area contributed by atoms with E-state index >= 15 is 0 Å². The molecule has 0 aromatic heterocycles. The molecule has 0 spiro atoms. The Morgan fingerprint density at radius 2 is 2.00 bits per heavy atom. The number of amides is 1. The summed E-state index contributed by atoms with van der Waals surface area (Å²) in [5.41, 5.74) is -0.144. The highest BCUT2D eigenvalue weighted by molar-refractivity contribution is 5.81. The molecule has 1 saturated carbocycles. The fourth-order valence-electron chi connectivity index (χ4n) is 2.50. The largest absolute Gasteiger partial charge is 0.350 e. The second kappa shape index (κ2) is 5.85. The Morgan fingerprint density at radius 3 is 2.47 bits per heavy atom. The first kappa shape index (κ1) is 14.5. The van der Waals surface area contributed by atoms with E-state index in [0.717, 1.165) is 5.92 Å². The third-order valence-corrected chi connectivity index (χ3v) is 3.50. The number of rotatable bonds is 4. The van der Waals surface area contributed by atoms with E-state index < -0.39 is 0 Å². The van der Waals surface area contributed by atoms with Gasteiger partial charge in [0, 0.05) is 11.6 Å². The van der Waals surface area contributed by atoms with Crippen molar-refractivity contribution in [2.45, 2.75) is 77.9 Å². The molecule has 17 heavy (non-hydrogen) atoms. The van der Waals surface area contributed by atoms with Gasteiger partial charge in [-0.1, -0.05) is 13.3 Å². The minimum atomic E-state index is -0.144. The smallest absolute Gasteiger partial charge is 0.237 e. The van der Waals surface area contributed by atoms with Crippen LogP contribution in [0, 0.1) is 5.92 Å². The number of carbonyl (C=O) groups excluding carboxylic acids is 1. The highest BCUT2D eigenvalue weighted by Gasteiger charge is 2.27. The number of hydrogen-bond acceptors (Lipinski definition) is 2. The SMILES string of the molecule is CCC1CCC(NC(C)C(=O)NC(C)(C)C)C1. The minimum absolute atomic E-state index is 0.0881. The van der Waals surface area contributed by atoms with Crippen molar-refractivity contribution in [1.29, 1.82) is 0 Å². The fourth-order valence-corrected chi connectivity index (χ4v) is 2.50. The molecule has 0 radical (unpaired) electrons. The third-order valence-electron chi connectivity index (χ3n) is 3.50. The molecule has 0 heterocycles. The Labute approximate surface area is 106 Å². The van der Waals surface area contributed by atoms with Crippen LogP contribution in [0.2, 0.25) is 0 Å². The summed E-state index contributed by atoms with van der Waals surface area (Å²) < 4.78 is 0. The molecule has 1 fully saturated rings. The predicted molar refractivity (Wildman–Crippen MR) is 71.9 cm³/mol. The Balaban J connectivity index is 2.34. The van der Waals surface area contributed by atoms with E-state index in [-0.39, 0.29) is 17.5 Å². The van der Waals surface area contributed by atoms with E-state index in [0.29, 0.717) is 6.04 Å². The van der Waals surface area contributed by atoms with Gasteiger partial charge in [-0.2, -0.15) is 0 Å². The lowest BCUT2D eigenvalue weighted by atomic mass is 10.1. The van der Waals surface area contributed by atoms with Gasteiger partial charge < -0.3 is 10.6 Å². The monoisotopic (exact) mass is 240 g/mol. The maximum atomic E-state index is 11.9. The quantitative estimate of drug-likeness (QED) is 0.792. The lowest BCUT2D eigenvalue weighted by Crippen LogP contribution is -2.51. The summed E-state index contributed by atoms with van der Waals surface area (Å²) >= 11 is 0. The topological polar surface area (TPSA) is 41.1 Å². The molecule has 0 bridgehead atoms. The predicted octanol–water partition coefficient (Wildman–Crippen LogP) is 2.46. The van der Waals surface area contributed by atoms with Gasteiger partial charge in [-0.3, -0.25) is 4.79 Å². The van der Waals surface area contributed by atoms with Crippen molar-refractivity contribution < 1.29 is 4.79 Å². The zero-order valence-corrected chi connectivity index (χ0v) is 12.0. The van der Waals surface area contributed by atoms with Crippen LogP contribution < -0.4 is 10.6 Å². The van der Waals surface area contributed by atoms with Crippen LogP contribution in [-0.4, -0.2) is 23.5 Å². The Kier molecular flexibility index (Phi) is 4.99. The van der Waals surface area contributed by atoms with Crippen molar-refractivity contribution in [3.05, 3.63) is 0 Å². The van der Waals surface area contributed by atoms with Crippen molar-refractivity contribution in [3.8, 4) is 0 Å². The molecular weight excluding hydrogens is 212 g/mol. The van der Waals surface area contributed by atoms with Crippen LogP contribution in [0.3, 0.4) is 0 Å². The summed E-state index contributed by atoms with van der Waals surface area (Å²) in [5.74, 6) is 0.961. The molecule has 0 aliphatic heterocycles. The van der Waals surface area contributed by atoms with E-state index in [1.807, 2.05) is 27.7 Å². The maximum absolute atomic E-state index is 11.9. The Bertz CT molecular complexity index is 257. The summed E-state index contributed by atoms with van der Waals surface area (Å²) in [6.07, 6.45) is 5.01. The van der Waals surface area contributed by atoms with Crippen molar-refractivity contribution in [2.24, 2.45) is 5.92 Å². The summed E-state index contributed by atoms with van der Waals surface area (Å²) in [6, 6.07) is 0.440. The van der Waals surface area contributed by atoms with Gasteiger partial charge in [0.1, 0.15) is 0 Å². The molecule has 1 aliphatic carbocycles. The first-order chi connectivity index (χ1) is 7.81. The molecule has 1 rings (SSSR count). The zero-order valence-electron chi connectivity index (χ0n) is 12.0. The van der Waals surface area contributed by atoms with Crippen molar-refractivity contribution in [1.82, 2.24) is 10.6 Å². The molecule has 0 aromatic carbocycles. The van der Waals surface area contributed by atoms with E-state index in [1.54, 1.807) is 0 Å². The first-order valence-electron chi connectivity index (χ1n) is 6.90. The summed E-state index contributed by atoms with van der Waals surface area (Å²) in [4.78, 5) is 11.9. The van der Waals surface area contributed by atoms with Crippen LogP contribution in [0.25, 0.3) is 0 Å². The van der Waals surface area contributed by atoms with Gasteiger partial charge in [0.25, 0.3) is 0 Å². The van der Waals surface area contributed by atoms with Crippen LogP contribution in [0.5, 0.6) is 0 Å². The summed E-state index contributed by atoms with van der Waals surface area (Å²) in [7, 11) is 0. The normalized spacial score (nSPS) is 26.9. The van der Waals surface area contributed by atoms with Crippen molar-refractivity contribution >= 4 is 5.91 Å². The molecule has 3 atom stereocenters. The average Bonchev–Trinajstić information content (AvgIpc) is 2.62. The van der Waals surface area contributed by atoms with Crippen LogP contribution in [-0.2, 0) is 4.79 Å². The van der Waals surface area contributed by atoms with Crippen LogP contribution in [0.15, 0.2) is 0 Å². The molecule has 2 N–H and O–H groups in total. The highest BCUT2D eigenvalue weighted by Crippen LogP contribution is 2.28. The van der Waals surface area contributed by atoms with Crippen LogP contribution >= 0.6 is 0 Å². The van der Waals surface area contributed by atoms with Crippen molar-refractivity contribution in [3.63, 3.8) is 0 Å². The second-order valence-corrected chi connectivity index (χ2v) is 6.41. The van der Waals surface area contributed by atoms with Crippen LogP contribution in [0.1, 0.15) is 60.3 Å². The molecule has 3 heteroatoms. The molecule has 1 amide bonds. The number of carbonyl (C=O) groups is 1. The molecule has 100 valence electrons. The van der Waals surface area contributed by atoms with Gasteiger partial charge in [0.2, 0.25) is 5.91 Å². The number of nitrogens with one attached hydrogen (secondary N) is 2. The first-order valence-corrected chi connectivity index (χ1v) is 6.90. The maximum Gasteiger partial charge on any atom is 0.237 e. The van der Waals surface area contributed by atoms with Gasteiger partial charge in [0.15, 0.2) is 0 Å². The van der Waals surface area contributed by atoms with Gasteiger partial charge in [0.05, 0.1) is 6.04 Å². The molecule has 1 aliphatic rings. The Hall–Kier alpha value is -0.570. The lowest BCUT2D eigenvalue weighted by Gasteiger charge is -2.25. The van der Waals surface area contributed by atoms with Gasteiger partial charge in [-0.05, 0) is 52.9 Å². The molecule has 3 nitrogen and oxygen atoms in total. The van der Waals surface area contributed by atoms with E-state index in [9.17, 15) is 4.79 Å². The second-order valence-electron chi connectivity index (χ2n) is 6.41. The fraction of sp³-hybridized carbons (Fsp3) is 0.929. The third kappa shape index (κ3) is 5.07. The Morgan fingerprint density at radius 1 is 1.35 bits per heavy atom.